The van der Waals surface area contributed by atoms with Crippen LogP contribution in [0.1, 0.15) is 39.7 Å². The van der Waals surface area contributed by atoms with Crippen molar-refractivity contribution in [2.24, 2.45) is 0 Å². The molecule has 0 radical (unpaired) electrons. The molecule has 2 rings (SSSR count). The van der Waals surface area contributed by atoms with Crippen molar-refractivity contribution in [3.8, 4) is 11.1 Å². The minimum atomic E-state index is -0.895. The molecule has 0 fully saturated rings. The van der Waals surface area contributed by atoms with Gasteiger partial charge in [-0.25, -0.2) is 9.59 Å². The maximum Gasteiger partial charge on any atom is 0.407 e. The minimum Gasteiger partial charge on any atom is -0.460 e. The van der Waals surface area contributed by atoms with Crippen molar-refractivity contribution < 1.29 is 23.9 Å². The third-order valence-electron chi connectivity index (χ3n) is 4.20. The maximum atomic E-state index is 12.2. The van der Waals surface area contributed by atoms with Crippen molar-refractivity contribution >= 4 is 17.8 Å². The largest absolute Gasteiger partial charge is 0.460 e. The highest BCUT2D eigenvalue weighted by Crippen LogP contribution is 2.20. The number of esters is 1. The zero-order valence-corrected chi connectivity index (χ0v) is 17.9. The van der Waals surface area contributed by atoms with Crippen LogP contribution in [-0.2, 0) is 25.5 Å². The highest BCUT2D eigenvalue weighted by molar-refractivity contribution is 6.33. The number of ketones is 1. The number of hydrogen-bond donors (Lipinski definition) is 1. The number of amides is 1. The van der Waals surface area contributed by atoms with E-state index in [-0.39, 0.29) is 13.0 Å². The summed E-state index contributed by atoms with van der Waals surface area (Å²) in [5, 5.41) is 2.71. The average molecular weight is 411 g/mol. The number of alkyl carbamates (subject to hydrolysis) is 1. The van der Waals surface area contributed by atoms with Crippen molar-refractivity contribution in [1.29, 1.82) is 0 Å². The van der Waals surface area contributed by atoms with Gasteiger partial charge >= 0.3 is 12.1 Å². The molecule has 0 aliphatic heterocycles. The molecule has 30 heavy (non-hydrogen) atoms. The van der Waals surface area contributed by atoms with E-state index in [0.29, 0.717) is 6.42 Å². The van der Waals surface area contributed by atoms with Crippen LogP contribution in [0.15, 0.2) is 54.6 Å². The lowest BCUT2D eigenvalue weighted by molar-refractivity contribution is -0.153. The standard InChI is InChI=1S/C24H29NO5/c1-5-29-22(27)21(26)16-20(25-23(28)30-24(2,3)4)15-17-11-13-19(14-12-17)18-9-7-6-8-10-18/h6-14,20H,5,15-16H2,1-4H3,(H,25,28). The Morgan fingerprint density at radius 2 is 1.53 bits per heavy atom. The van der Waals surface area contributed by atoms with Gasteiger partial charge in [0.05, 0.1) is 6.61 Å². The molecule has 1 N–H and O–H groups in total. The molecule has 0 saturated carbocycles. The van der Waals surface area contributed by atoms with Crippen LogP contribution in [0.5, 0.6) is 0 Å². The van der Waals surface area contributed by atoms with Crippen LogP contribution < -0.4 is 5.32 Å². The second kappa shape index (κ2) is 10.6. The van der Waals surface area contributed by atoms with Gasteiger partial charge in [0.2, 0.25) is 5.78 Å². The van der Waals surface area contributed by atoms with E-state index in [9.17, 15) is 14.4 Å². The van der Waals surface area contributed by atoms with Gasteiger partial charge in [0.15, 0.2) is 0 Å². The SMILES string of the molecule is CCOC(=O)C(=O)CC(Cc1ccc(-c2ccccc2)cc1)NC(=O)OC(C)(C)C. The fraction of sp³-hybridized carbons (Fsp3) is 0.375. The fourth-order valence-corrected chi connectivity index (χ4v) is 2.92. The summed E-state index contributed by atoms with van der Waals surface area (Å²) in [4.78, 5) is 36.1. The molecule has 2 aromatic carbocycles. The minimum absolute atomic E-state index is 0.121. The van der Waals surface area contributed by atoms with Crippen LogP contribution in [-0.4, -0.2) is 36.1 Å². The molecule has 1 amide bonds. The first kappa shape index (κ1) is 23.1. The first-order valence-electron chi connectivity index (χ1n) is 10.0. The topological polar surface area (TPSA) is 81.7 Å². The molecular weight excluding hydrogens is 382 g/mol. The zero-order valence-electron chi connectivity index (χ0n) is 17.9. The van der Waals surface area contributed by atoms with Crippen LogP contribution in [0.3, 0.4) is 0 Å². The van der Waals surface area contributed by atoms with Crippen molar-refractivity contribution in [1.82, 2.24) is 5.32 Å². The fourth-order valence-electron chi connectivity index (χ4n) is 2.92. The normalized spacial score (nSPS) is 12.0. The predicted octanol–water partition coefficient (Wildman–Crippen LogP) is 4.31. The summed E-state index contributed by atoms with van der Waals surface area (Å²) in [6.45, 7) is 7.03. The predicted molar refractivity (Wildman–Crippen MR) is 115 cm³/mol. The lowest BCUT2D eigenvalue weighted by Crippen LogP contribution is -2.42. The van der Waals surface area contributed by atoms with Crippen molar-refractivity contribution in [2.45, 2.75) is 52.2 Å². The Balaban J connectivity index is 2.11. The summed E-state index contributed by atoms with van der Waals surface area (Å²) < 4.78 is 10.1. The molecule has 0 aliphatic rings. The van der Waals surface area contributed by atoms with E-state index in [0.717, 1.165) is 16.7 Å². The number of Topliss-reactive ketones (excluding diaryl/α,β-unsaturated/α-hetero) is 1. The maximum absolute atomic E-state index is 12.2. The summed E-state index contributed by atoms with van der Waals surface area (Å²) >= 11 is 0. The second-order valence-electron chi connectivity index (χ2n) is 7.96. The summed E-state index contributed by atoms with van der Waals surface area (Å²) in [5.41, 5.74) is 2.42. The molecule has 2 aromatic rings. The molecule has 0 bridgehead atoms. The van der Waals surface area contributed by atoms with E-state index in [2.05, 4.69) is 5.32 Å². The number of rotatable bonds is 8. The average Bonchev–Trinajstić information content (AvgIpc) is 2.68. The summed E-state index contributed by atoms with van der Waals surface area (Å²) in [6, 6.07) is 17.2. The molecule has 0 saturated heterocycles. The van der Waals surface area contributed by atoms with Crippen LogP contribution in [0.25, 0.3) is 11.1 Å². The van der Waals surface area contributed by atoms with Crippen molar-refractivity contribution in [3.63, 3.8) is 0 Å². The lowest BCUT2D eigenvalue weighted by atomic mass is 9.98. The smallest absolute Gasteiger partial charge is 0.407 e. The number of carbonyl (C=O) groups is 3. The Morgan fingerprint density at radius 1 is 0.933 bits per heavy atom. The Labute approximate surface area is 177 Å². The molecule has 6 heteroatoms. The zero-order chi connectivity index (χ0) is 22.1. The van der Waals surface area contributed by atoms with E-state index in [1.54, 1.807) is 27.7 Å². The molecule has 1 atom stereocenters. The highest BCUT2D eigenvalue weighted by atomic mass is 16.6. The van der Waals surface area contributed by atoms with Gasteiger partial charge in [0, 0.05) is 12.5 Å². The quantitative estimate of drug-likeness (QED) is 0.517. The van der Waals surface area contributed by atoms with E-state index < -0.39 is 29.5 Å². The molecule has 0 aliphatic carbocycles. The Kier molecular flexibility index (Phi) is 8.16. The third-order valence-corrected chi connectivity index (χ3v) is 4.20. The summed E-state index contributed by atoms with van der Waals surface area (Å²) in [7, 11) is 0. The first-order chi connectivity index (χ1) is 14.2. The van der Waals surface area contributed by atoms with Crippen LogP contribution in [0, 0.1) is 0 Å². The van der Waals surface area contributed by atoms with Gasteiger partial charge in [-0.3, -0.25) is 4.79 Å². The second-order valence-corrected chi connectivity index (χ2v) is 7.96. The van der Waals surface area contributed by atoms with E-state index in [4.69, 9.17) is 9.47 Å². The van der Waals surface area contributed by atoms with E-state index >= 15 is 0 Å². The number of nitrogens with one attached hydrogen (secondary N) is 1. The Bertz CT molecular complexity index is 853. The van der Waals surface area contributed by atoms with Gasteiger partial charge in [-0.05, 0) is 50.8 Å². The van der Waals surface area contributed by atoms with Crippen molar-refractivity contribution in [3.05, 3.63) is 60.2 Å². The van der Waals surface area contributed by atoms with E-state index in [1.807, 2.05) is 54.6 Å². The monoisotopic (exact) mass is 411 g/mol. The van der Waals surface area contributed by atoms with Gasteiger partial charge in [-0.15, -0.1) is 0 Å². The molecule has 160 valence electrons. The molecule has 0 heterocycles. The Morgan fingerprint density at radius 3 is 2.10 bits per heavy atom. The van der Waals surface area contributed by atoms with Crippen LogP contribution in [0.4, 0.5) is 4.79 Å². The molecule has 6 nitrogen and oxygen atoms in total. The number of benzene rings is 2. The first-order valence-corrected chi connectivity index (χ1v) is 10.0. The Hall–Kier alpha value is -3.15. The van der Waals surface area contributed by atoms with Gasteiger partial charge in [-0.1, -0.05) is 54.6 Å². The van der Waals surface area contributed by atoms with E-state index in [1.165, 1.54) is 0 Å². The third kappa shape index (κ3) is 7.70. The number of carbonyl (C=O) groups excluding carboxylic acids is 3. The summed E-state index contributed by atoms with van der Waals surface area (Å²) in [5.74, 6) is -1.58. The van der Waals surface area contributed by atoms with Gasteiger partial charge < -0.3 is 14.8 Å². The lowest BCUT2D eigenvalue weighted by Gasteiger charge is -2.23. The van der Waals surface area contributed by atoms with Gasteiger partial charge in [0.25, 0.3) is 0 Å². The van der Waals surface area contributed by atoms with Crippen molar-refractivity contribution in [2.75, 3.05) is 6.61 Å². The molecule has 1 unspecified atom stereocenters. The van der Waals surface area contributed by atoms with Gasteiger partial charge in [0.1, 0.15) is 5.60 Å². The molecule has 0 spiro atoms. The molecule has 0 aromatic heterocycles. The van der Waals surface area contributed by atoms with Crippen LogP contribution >= 0.6 is 0 Å². The number of ether oxygens (including phenoxy) is 2. The molecular formula is C24H29NO5. The summed E-state index contributed by atoms with van der Waals surface area (Å²) in [6.07, 6.45) is -0.428. The van der Waals surface area contributed by atoms with Gasteiger partial charge in [-0.2, -0.15) is 0 Å². The van der Waals surface area contributed by atoms with Crippen LogP contribution in [0.2, 0.25) is 0 Å². The highest BCUT2D eigenvalue weighted by Gasteiger charge is 2.25. The number of hydrogen-bond acceptors (Lipinski definition) is 5.